The number of hydrogen-bond acceptors (Lipinski definition) is 12. The molecule has 2 saturated carbocycles. The molecule has 1 amide bonds. The number of esters is 2. The molecule has 2 aliphatic carbocycles. The number of anilines is 1. The van der Waals surface area contributed by atoms with Gasteiger partial charge in [0.2, 0.25) is 5.60 Å². The highest BCUT2D eigenvalue weighted by molar-refractivity contribution is 5.74. The smallest absolute Gasteiger partial charge is 0.408 e. The number of rotatable bonds is 9. The molecule has 0 unspecified atom stereocenters. The average Bonchev–Trinajstić information content (AvgIpc) is 3.56. The van der Waals surface area contributed by atoms with Crippen LogP contribution in [0.2, 0.25) is 0 Å². The number of nitrogens with two attached hydrogens (primary N) is 1. The van der Waals surface area contributed by atoms with E-state index >= 15 is 0 Å². The van der Waals surface area contributed by atoms with Crippen LogP contribution in [0.4, 0.5) is 10.6 Å². The molecule has 4 atom stereocenters. The lowest BCUT2D eigenvalue weighted by molar-refractivity contribution is -0.161. The summed E-state index contributed by atoms with van der Waals surface area (Å²) in [5, 5.41) is 29.3. The Balaban J connectivity index is 1.35. The molecule has 2 aromatic rings. The van der Waals surface area contributed by atoms with Gasteiger partial charge in [0.1, 0.15) is 42.3 Å². The molecule has 0 aromatic carbocycles. The van der Waals surface area contributed by atoms with Crippen LogP contribution in [-0.2, 0) is 34.1 Å². The van der Waals surface area contributed by atoms with Gasteiger partial charge in [-0.2, -0.15) is 10.4 Å². The molecule has 3 heterocycles. The number of hydrogen-bond donors (Lipinski definition) is 3. The summed E-state index contributed by atoms with van der Waals surface area (Å²) in [6.07, 6.45) is 5.32. The first-order valence-electron chi connectivity index (χ1n) is 16.6. The van der Waals surface area contributed by atoms with Crippen LogP contribution >= 0.6 is 0 Å². The summed E-state index contributed by atoms with van der Waals surface area (Å²) in [6.45, 7) is 4.89. The summed E-state index contributed by atoms with van der Waals surface area (Å²) >= 11 is 0. The molecule has 256 valence electrons. The van der Waals surface area contributed by atoms with E-state index in [2.05, 4.69) is 21.5 Å². The zero-order chi connectivity index (χ0) is 33.8. The minimum Gasteiger partial charge on any atom is -0.463 e. The molecular weight excluding hydrogens is 608 g/mol. The Bertz CT molecular complexity index is 1490. The van der Waals surface area contributed by atoms with Gasteiger partial charge in [-0.3, -0.25) is 9.59 Å². The van der Waals surface area contributed by atoms with Gasteiger partial charge >= 0.3 is 18.0 Å². The molecule has 14 heteroatoms. The molecule has 47 heavy (non-hydrogen) atoms. The van der Waals surface area contributed by atoms with Crippen LogP contribution in [0.15, 0.2) is 18.5 Å². The number of amides is 1. The van der Waals surface area contributed by atoms with Crippen molar-refractivity contribution in [1.82, 2.24) is 19.9 Å². The fourth-order valence-electron chi connectivity index (χ4n) is 7.10. The molecule has 0 bridgehead atoms. The van der Waals surface area contributed by atoms with E-state index in [9.17, 15) is 24.8 Å². The number of carbonyl (C=O) groups is 3. The summed E-state index contributed by atoms with van der Waals surface area (Å²) in [7, 11) is 0. The van der Waals surface area contributed by atoms with Gasteiger partial charge in [0.25, 0.3) is 0 Å². The zero-order valence-electron chi connectivity index (χ0n) is 27.4. The third-order valence-corrected chi connectivity index (χ3v) is 9.38. The molecular formula is C33H46N6O8. The van der Waals surface area contributed by atoms with Gasteiger partial charge in [-0.25, -0.2) is 14.3 Å². The number of carbonyl (C=O) groups excluding carboxylic acids is 3. The molecule has 1 aliphatic heterocycles. The Hall–Kier alpha value is -3.96. The number of aromatic nitrogens is 3. The van der Waals surface area contributed by atoms with E-state index in [-0.39, 0.29) is 30.3 Å². The first kappa shape index (κ1) is 34.4. The molecule has 14 nitrogen and oxygen atoms in total. The van der Waals surface area contributed by atoms with Crippen LogP contribution in [0.25, 0.3) is 5.52 Å². The summed E-state index contributed by atoms with van der Waals surface area (Å²) < 4.78 is 24.5. The largest absolute Gasteiger partial charge is 0.463 e. The van der Waals surface area contributed by atoms with Gasteiger partial charge in [-0.15, -0.1) is 0 Å². The maximum atomic E-state index is 13.3. The van der Waals surface area contributed by atoms with E-state index in [1.54, 1.807) is 26.8 Å². The Morgan fingerprint density at radius 1 is 1.13 bits per heavy atom. The lowest BCUT2D eigenvalue weighted by Gasteiger charge is -2.37. The number of nitrogens with one attached hydrogen (secondary N) is 1. The number of aliphatic hydroxyl groups excluding tert-OH is 1. The second-order valence-corrected chi connectivity index (χ2v) is 14.1. The van der Waals surface area contributed by atoms with Crippen molar-refractivity contribution in [2.45, 2.75) is 133 Å². The maximum Gasteiger partial charge on any atom is 0.408 e. The lowest BCUT2D eigenvalue weighted by atomic mass is 9.79. The van der Waals surface area contributed by atoms with Gasteiger partial charge in [0.15, 0.2) is 11.9 Å². The topological polar surface area (TPSA) is 200 Å². The highest BCUT2D eigenvalue weighted by Crippen LogP contribution is 2.42. The van der Waals surface area contributed by atoms with E-state index in [0.717, 1.165) is 51.4 Å². The molecule has 0 spiro atoms. The first-order chi connectivity index (χ1) is 22.3. The normalized spacial score (nSPS) is 26.3. The van der Waals surface area contributed by atoms with Crippen LogP contribution in [0.5, 0.6) is 0 Å². The number of ether oxygens (including phenoxy) is 4. The van der Waals surface area contributed by atoms with Crippen LogP contribution < -0.4 is 11.1 Å². The predicted octanol–water partition coefficient (Wildman–Crippen LogP) is 3.83. The molecule has 1 saturated heterocycles. The average molecular weight is 655 g/mol. The maximum absolute atomic E-state index is 13.3. The highest BCUT2D eigenvalue weighted by Gasteiger charge is 2.60. The van der Waals surface area contributed by atoms with E-state index in [4.69, 9.17) is 24.7 Å². The molecule has 3 aliphatic rings. The third-order valence-electron chi connectivity index (χ3n) is 9.38. The monoisotopic (exact) mass is 654 g/mol. The number of nitrogen functional groups attached to an aromatic ring is 1. The number of alkyl carbamates (subject to hydrolysis) is 1. The summed E-state index contributed by atoms with van der Waals surface area (Å²) in [5.41, 5.74) is 2.96. The second kappa shape index (κ2) is 14.0. The second-order valence-electron chi connectivity index (χ2n) is 14.1. The Morgan fingerprint density at radius 2 is 1.83 bits per heavy atom. The highest BCUT2D eigenvalue weighted by atomic mass is 16.6. The Kier molecular flexibility index (Phi) is 10.3. The van der Waals surface area contributed by atoms with Gasteiger partial charge in [-0.1, -0.05) is 38.5 Å². The van der Waals surface area contributed by atoms with E-state index in [0.29, 0.717) is 18.4 Å². The Labute approximate surface area is 274 Å². The van der Waals surface area contributed by atoms with Crippen molar-refractivity contribution in [2.24, 2.45) is 5.92 Å². The van der Waals surface area contributed by atoms with E-state index in [1.807, 2.05) is 0 Å². The van der Waals surface area contributed by atoms with Crippen LogP contribution in [0.1, 0.15) is 104 Å². The van der Waals surface area contributed by atoms with Crippen molar-refractivity contribution in [1.29, 1.82) is 5.26 Å². The minimum atomic E-state index is -2.04. The predicted molar refractivity (Wildman–Crippen MR) is 167 cm³/mol. The third kappa shape index (κ3) is 7.79. The fourth-order valence-corrected chi connectivity index (χ4v) is 7.10. The number of aliphatic hydroxyl groups is 1. The van der Waals surface area contributed by atoms with Crippen molar-refractivity contribution in [3.8, 4) is 6.07 Å². The first-order valence-corrected chi connectivity index (χ1v) is 16.6. The van der Waals surface area contributed by atoms with Crippen molar-refractivity contribution < 1.29 is 38.4 Å². The molecule has 3 fully saturated rings. The van der Waals surface area contributed by atoms with Crippen molar-refractivity contribution in [3.05, 3.63) is 24.2 Å². The van der Waals surface area contributed by atoms with Gasteiger partial charge in [0, 0.05) is 6.42 Å². The van der Waals surface area contributed by atoms with Gasteiger partial charge in [-0.05, 0) is 64.5 Å². The summed E-state index contributed by atoms with van der Waals surface area (Å²) in [5.74, 6) is -0.809. The number of fused-ring (bicyclic) bond motifs is 1. The van der Waals surface area contributed by atoms with Crippen LogP contribution in [-0.4, -0.2) is 73.8 Å². The Morgan fingerprint density at radius 3 is 2.51 bits per heavy atom. The zero-order valence-corrected chi connectivity index (χ0v) is 27.4. The molecule has 2 aromatic heterocycles. The molecule has 4 N–H and O–H groups in total. The molecule has 5 rings (SSSR count). The number of nitriles is 1. The van der Waals surface area contributed by atoms with Crippen LogP contribution in [0.3, 0.4) is 0 Å². The lowest BCUT2D eigenvalue weighted by Crippen LogP contribution is -2.52. The summed E-state index contributed by atoms with van der Waals surface area (Å²) in [4.78, 5) is 43.2. The summed E-state index contributed by atoms with van der Waals surface area (Å²) in [6, 6.07) is 5.20. The van der Waals surface area contributed by atoms with E-state index < -0.39 is 59.7 Å². The van der Waals surface area contributed by atoms with Gasteiger partial charge < -0.3 is 35.1 Å². The quantitative estimate of drug-likeness (QED) is 0.261. The number of nitrogens with zero attached hydrogens (tertiary/aromatic N) is 4. The standard InChI is InChI=1S/C33H46N6O8/c1-31(2,3)47-30(43)38-32(14-8-5-9-15-32)17-26(41)44-18-23-27(45-25(40)16-21-10-6-4-7-11-21)28(42)33(19-34,46-23)24-13-12-22-29(35)36-20-37-39(22)24/h12-13,20-21,23,27-28,42H,4-11,14-18H2,1-3H3,(H,38,43)(H2,35,36,37)/t23-,27-,28-,33+/m1/s1. The van der Waals surface area contributed by atoms with Crippen molar-refractivity contribution >= 4 is 29.4 Å². The van der Waals surface area contributed by atoms with Crippen molar-refractivity contribution in [2.75, 3.05) is 12.3 Å². The van der Waals surface area contributed by atoms with Crippen LogP contribution in [0, 0.1) is 17.2 Å². The van der Waals surface area contributed by atoms with Crippen molar-refractivity contribution in [3.63, 3.8) is 0 Å². The van der Waals surface area contributed by atoms with E-state index in [1.165, 1.54) is 16.9 Å². The fraction of sp³-hybridized carbons (Fsp3) is 0.697. The minimum absolute atomic E-state index is 0.115. The van der Waals surface area contributed by atoms with Gasteiger partial charge in [0.05, 0.1) is 17.7 Å². The molecule has 0 radical (unpaired) electrons. The SMILES string of the molecule is CC(C)(C)OC(=O)NC1(CC(=O)OC[C@H]2O[C@@](C#N)(c3ccc4c(N)ncnn34)[C@H](O)[C@@H]2OC(=O)CC2CCCCC2)CCCCC1.